The van der Waals surface area contributed by atoms with Crippen LogP contribution >= 0.6 is 0 Å². The van der Waals surface area contributed by atoms with Gasteiger partial charge in [0, 0.05) is 0 Å². The number of para-hydroxylation sites is 1. The molecule has 0 aliphatic heterocycles. The summed E-state index contributed by atoms with van der Waals surface area (Å²) < 4.78 is 10.8. The Morgan fingerprint density at radius 1 is 1.06 bits per heavy atom. The van der Waals surface area contributed by atoms with Gasteiger partial charge in [-0.3, -0.25) is 0 Å². The van der Waals surface area contributed by atoms with Gasteiger partial charge in [0.2, 0.25) is 11.8 Å². The standard InChI is InChI=1S/C12H14N4O2/c1-2-17-10-9(13)11(16-12(14)15-10)18-8-6-4-3-5-7-8/h3-7H,2,13H2,1H3,(H2,14,15,16). The molecule has 4 N–H and O–H groups in total. The summed E-state index contributed by atoms with van der Waals surface area (Å²) in [6.07, 6.45) is 0. The zero-order valence-corrected chi connectivity index (χ0v) is 9.96. The van der Waals surface area contributed by atoms with Crippen LogP contribution in [0, 0.1) is 0 Å². The Labute approximate surface area is 105 Å². The lowest BCUT2D eigenvalue weighted by Crippen LogP contribution is -2.06. The number of nitrogens with two attached hydrogens (primary N) is 2. The van der Waals surface area contributed by atoms with E-state index in [1.54, 1.807) is 12.1 Å². The molecule has 0 saturated heterocycles. The van der Waals surface area contributed by atoms with Gasteiger partial charge >= 0.3 is 0 Å². The molecule has 0 spiro atoms. The maximum absolute atomic E-state index is 5.86. The Morgan fingerprint density at radius 3 is 2.39 bits per heavy atom. The third kappa shape index (κ3) is 2.60. The van der Waals surface area contributed by atoms with Gasteiger partial charge in [0.1, 0.15) is 5.75 Å². The van der Waals surface area contributed by atoms with Crippen molar-refractivity contribution in [3.8, 4) is 17.5 Å². The van der Waals surface area contributed by atoms with Gasteiger partial charge in [-0.15, -0.1) is 0 Å². The molecule has 1 aromatic carbocycles. The van der Waals surface area contributed by atoms with Crippen LogP contribution in [0.4, 0.5) is 11.6 Å². The van der Waals surface area contributed by atoms with E-state index in [4.69, 9.17) is 20.9 Å². The number of hydrogen-bond acceptors (Lipinski definition) is 6. The Balaban J connectivity index is 2.33. The first-order chi connectivity index (χ1) is 8.70. The lowest BCUT2D eigenvalue weighted by Gasteiger charge is -2.11. The highest BCUT2D eigenvalue weighted by atomic mass is 16.5. The monoisotopic (exact) mass is 246 g/mol. The molecule has 0 aliphatic rings. The van der Waals surface area contributed by atoms with Gasteiger partial charge in [0.15, 0.2) is 5.69 Å². The predicted molar refractivity (Wildman–Crippen MR) is 68.5 cm³/mol. The van der Waals surface area contributed by atoms with Crippen molar-refractivity contribution in [2.24, 2.45) is 0 Å². The number of nitrogens with zero attached hydrogens (tertiary/aromatic N) is 2. The molecule has 6 nitrogen and oxygen atoms in total. The number of anilines is 2. The minimum atomic E-state index is 0.0542. The van der Waals surface area contributed by atoms with Crippen molar-refractivity contribution in [2.45, 2.75) is 6.92 Å². The highest BCUT2D eigenvalue weighted by Gasteiger charge is 2.13. The molecule has 2 aromatic rings. The minimum Gasteiger partial charge on any atom is -0.476 e. The first kappa shape index (κ1) is 12.0. The summed E-state index contributed by atoms with van der Waals surface area (Å²) >= 11 is 0. The normalized spacial score (nSPS) is 10.1. The molecule has 0 saturated carbocycles. The Morgan fingerprint density at radius 2 is 1.72 bits per heavy atom. The van der Waals surface area contributed by atoms with E-state index in [1.165, 1.54) is 0 Å². The summed E-state index contributed by atoms with van der Waals surface area (Å²) in [5.74, 6) is 1.09. The van der Waals surface area contributed by atoms with Gasteiger partial charge in [0.05, 0.1) is 6.61 Å². The van der Waals surface area contributed by atoms with Crippen molar-refractivity contribution < 1.29 is 9.47 Å². The lowest BCUT2D eigenvalue weighted by molar-refractivity contribution is 0.326. The maximum atomic E-state index is 5.86. The zero-order chi connectivity index (χ0) is 13.0. The van der Waals surface area contributed by atoms with Gasteiger partial charge in [-0.1, -0.05) is 18.2 Å². The van der Waals surface area contributed by atoms with E-state index < -0.39 is 0 Å². The van der Waals surface area contributed by atoms with Gasteiger partial charge in [0.25, 0.3) is 5.88 Å². The summed E-state index contributed by atoms with van der Waals surface area (Å²) in [6, 6.07) is 9.16. The highest BCUT2D eigenvalue weighted by molar-refractivity contribution is 5.59. The Kier molecular flexibility index (Phi) is 3.47. The zero-order valence-electron chi connectivity index (χ0n) is 9.96. The quantitative estimate of drug-likeness (QED) is 0.854. The number of rotatable bonds is 4. The van der Waals surface area contributed by atoms with Crippen molar-refractivity contribution in [2.75, 3.05) is 18.1 Å². The second kappa shape index (κ2) is 5.22. The maximum Gasteiger partial charge on any atom is 0.251 e. The summed E-state index contributed by atoms with van der Waals surface area (Å²) in [5, 5.41) is 0. The van der Waals surface area contributed by atoms with Gasteiger partial charge in [-0.05, 0) is 19.1 Å². The molecular formula is C12H14N4O2. The van der Waals surface area contributed by atoms with Crippen molar-refractivity contribution >= 4 is 11.6 Å². The van der Waals surface area contributed by atoms with E-state index in [0.717, 1.165) is 0 Å². The first-order valence-corrected chi connectivity index (χ1v) is 5.49. The number of ether oxygens (including phenoxy) is 2. The average Bonchev–Trinajstić information content (AvgIpc) is 2.36. The van der Waals surface area contributed by atoms with Crippen molar-refractivity contribution in [1.29, 1.82) is 0 Å². The van der Waals surface area contributed by atoms with E-state index in [-0.39, 0.29) is 23.4 Å². The predicted octanol–water partition coefficient (Wildman–Crippen LogP) is 1.83. The molecule has 1 aromatic heterocycles. The van der Waals surface area contributed by atoms with Crippen LogP contribution in [-0.4, -0.2) is 16.6 Å². The second-order valence-corrected chi connectivity index (χ2v) is 3.45. The van der Waals surface area contributed by atoms with Crippen LogP contribution in [0.3, 0.4) is 0 Å². The van der Waals surface area contributed by atoms with E-state index in [2.05, 4.69) is 9.97 Å². The third-order valence-corrected chi connectivity index (χ3v) is 2.13. The molecule has 6 heteroatoms. The molecule has 0 radical (unpaired) electrons. The van der Waals surface area contributed by atoms with Crippen LogP contribution in [0.1, 0.15) is 6.92 Å². The van der Waals surface area contributed by atoms with E-state index in [9.17, 15) is 0 Å². The van der Waals surface area contributed by atoms with Gasteiger partial charge in [-0.25, -0.2) is 0 Å². The summed E-state index contributed by atoms with van der Waals surface area (Å²) in [6.45, 7) is 2.26. The lowest BCUT2D eigenvalue weighted by atomic mass is 10.3. The fraction of sp³-hybridized carbons (Fsp3) is 0.167. The Bertz CT molecular complexity index is 531. The second-order valence-electron chi connectivity index (χ2n) is 3.45. The smallest absolute Gasteiger partial charge is 0.251 e. The van der Waals surface area contributed by atoms with E-state index >= 15 is 0 Å². The fourth-order valence-electron chi connectivity index (χ4n) is 1.37. The molecule has 0 bridgehead atoms. The molecule has 0 aliphatic carbocycles. The molecule has 0 atom stereocenters. The average molecular weight is 246 g/mol. The number of aromatic nitrogens is 2. The van der Waals surface area contributed by atoms with Crippen LogP contribution in [0.5, 0.6) is 17.5 Å². The molecule has 18 heavy (non-hydrogen) atoms. The van der Waals surface area contributed by atoms with Crippen LogP contribution in [0.2, 0.25) is 0 Å². The minimum absolute atomic E-state index is 0.0542. The molecule has 0 unspecified atom stereocenters. The molecule has 1 heterocycles. The van der Waals surface area contributed by atoms with Crippen molar-refractivity contribution in [3.63, 3.8) is 0 Å². The van der Waals surface area contributed by atoms with Crippen LogP contribution in [0.15, 0.2) is 30.3 Å². The SMILES string of the molecule is CCOc1nc(N)nc(Oc2ccccc2)c1N. The topological polar surface area (TPSA) is 96.3 Å². The van der Waals surface area contributed by atoms with Crippen LogP contribution in [-0.2, 0) is 0 Å². The fourth-order valence-corrected chi connectivity index (χ4v) is 1.37. The van der Waals surface area contributed by atoms with Crippen LogP contribution in [0.25, 0.3) is 0 Å². The number of benzene rings is 1. The van der Waals surface area contributed by atoms with E-state index in [0.29, 0.717) is 12.4 Å². The van der Waals surface area contributed by atoms with Crippen molar-refractivity contribution in [1.82, 2.24) is 9.97 Å². The molecule has 0 amide bonds. The third-order valence-electron chi connectivity index (χ3n) is 2.13. The van der Waals surface area contributed by atoms with Gasteiger partial charge < -0.3 is 20.9 Å². The summed E-state index contributed by atoms with van der Waals surface area (Å²) in [5.41, 5.74) is 11.7. The summed E-state index contributed by atoms with van der Waals surface area (Å²) in [7, 11) is 0. The molecule has 94 valence electrons. The number of nitrogen functional groups attached to an aromatic ring is 2. The largest absolute Gasteiger partial charge is 0.476 e. The van der Waals surface area contributed by atoms with Crippen molar-refractivity contribution in [3.05, 3.63) is 30.3 Å². The van der Waals surface area contributed by atoms with Gasteiger partial charge in [-0.2, -0.15) is 9.97 Å². The number of hydrogen-bond donors (Lipinski definition) is 2. The Hall–Kier alpha value is -2.50. The van der Waals surface area contributed by atoms with E-state index in [1.807, 2.05) is 25.1 Å². The first-order valence-electron chi connectivity index (χ1n) is 5.49. The molecular weight excluding hydrogens is 232 g/mol. The summed E-state index contributed by atoms with van der Waals surface area (Å²) in [4.78, 5) is 7.85. The van der Waals surface area contributed by atoms with Crippen LogP contribution < -0.4 is 20.9 Å². The highest BCUT2D eigenvalue weighted by Crippen LogP contribution is 2.31. The molecule has 2 rings (SSSR count). The molecule has 0 fully saturated rings.